The van der Waals surface area contributed by atoms with Crippen LogP contribution in [-0.2, 0) is 0 Å². The third-order valence-electron chi connectivity index (χ3n) is 8.25. The van der Waals surface area contributed by atoms with Crippen LogP contribution < -0.4 is 0 Å². The van der Waals surface area contributed by atoms with E-state index in [1.54, 1.807) is 0 Å². The molecule has 0 N–H and O–H groups in total. The van der Waals surface area contributed by atoms with Crippen molar-refractivity contribution in [1.29, 1.82) is 0 Å². The van der Waals surface area contributed by atoms with Crippen LogP contribution in [-0.4, -0.2) is 8.97 Å². The molecule has 0 spiro atoms. The van der Waals surface area contributed by atoms with Gasteiger partial charge in [-0.15, -0.1) is 0 Å². The Morgan fingerprint density at radius 1 is 0.342 bits per heavy atom. The van der Waals surface area contributed by atoms with Crippen molar-refractivity contribution in [3.63, 3.8) is 0 Å². The van der Waals surface area contributed by atoms with Crippen LogP contribution >= 0.6 is 0 Å². The summed E-state index contributed by atoms with van der Waals surface area (Å²) in [5, 5.41) is 7.81. The van der Waals surface area contributed by atoms with Gasteiger partial charge in [0.1, 0.15) is 0 Å². The number of para-hydroxylation sites is 3. The van der Waals surface area contributed by atoms with Crippen LogP contribution in [0, 0.1) is 0 Å². The second-order valence-electron chi connectivity index (χ2n) is 10.2. The molecule has 9 aromatic rings. The van der Waals surface area contributed by atoms with Gasteiger partial charge in [-0.2, -0.15) is 0 Å². The minimum Gasteiger partial charge on any atom is -0.309 e. The van der Waals surface area contributed by atoms with Crippen molar-refractivity contribution < 1.29 is 0 Å². The third-order valence-corrected chi connectivity index (χ3v) is 8.25. The zero-order chi connectivity index (χ0) is 24.8. The van der Waals surface area contributed by atoms with Gasteiger partial charge in [-0.1, -0.05) is 97.1 Å². The van der Waals surface area contributed by atoms with Crippen molar-refractivity contribution in [1.82, 2.24) is 8.97 Å². The van der Waals surface area contributed by atoms with Gasteiger partial charge in [0.15, 0.2) is 0 Å². The predicted molar refractivity (Wildman–Crippen MR) is 161 cm³/mol. The molecular weight excluding hydrogens is 460 g/mol. The summed E-state index contributed by atoms with van der Waals surface area (Å²) in [7, 11) is 0. The predicted octanol–water partition coefficient (Wildman–Crippen LogP) is 9.60. The van der Waals surface area contributed by atoms with Crippen LogP contribution in [0.2, 0.25) is 0 Å². The molecule has 0 radical (unpaired) electrons. The number of benzene rings is 6. The van der Waals surface area contributed by atoms with Gasteiger partial charge >= 0.3 is 0 Å². The average Bonchev–Trinajstić information content (AvgIpc) is 3.61. The Kier molecular flexibility index (Phi) is 3.82. The average molecular weight is 483 g/mol. The molecule has 0 unspecified atom stereocenters. The zero-order valence-corrected chi connectivity index (χ0v) is 20.6. The fourth-order valence-corrected chi connectivity index (χ4v) is 6.60. The Morgan fingerprint density at radius 3 is 1.68 bits per heavy atom. The maximum atomic E-state index is 2.47. The summed E-state index contributed by atoms with van der Waals surface area (Å²) in [6.45, 7) is 0. The van der Waals surface area contributed by atoms with Gasteiger partial charge in [0.25, 0.3) is 0 Å². The fourth-order valence-electron chi connectivity index (χ4n) is 6.60. The van der Waals surface area contributed by atoms with Crippen LogP contribution in [0.25, 0.3) is 76.7 Å². The van der Waals surface area contributed by atoms with Gasteiger partial charge in [0.05, 0.1) is 27.6 Å². The molecule has 0 aliphatic rings. The lowest BCUT2D eigenvalue weighted by atomic mass is 10.1. The van der Waals surface area contributed by atoms with E-state index in [1.807, 2.05) is 0 Å². The van der Waals surface area contributed by atoms with E-state index in [0.717, 1.165) is 0 Å². The molecule has 0 amide bonds. The smallest absolute Gasteiger partial charge is 0.0620 e. The van der Waals surface area contributed by atoms with E-state index in [2.05, 4.69) is 142 Å². The summed E-state index contributed by atoms with van der Waals surface area (Å²) >= 11 is 0. The minimum atomic E-state index is 1.18. The second-order valence-corrected chi connectivity index (χ2v) is 10.2. The molecule has 9 rings (SSSR count). The van der Waals surface area contributed by atoms with Gasteiger partial charge in [-0.25, -0.2) is 0 Å². The monoisotopic (exact) mass is 482 g/mol. The topological polar surface area (TPSA) is 9.34 Å². The van der Waals surface area contributed by atoms with E-state index < -0.39 is 0 Å². The standard InChI is InChI=1S/C36H22N2/c1-2-9-23(10-3-1)24-17-19-25(20-18-24)37-32-15-6-5-12-27(32)30-21-35-31(22-34(30)37)29-14-8-13-28-26-11-4-7-16-33(26)38(35)36(28)29/h1-22H. The summed E-state index contributed by atoms with van der Waals surface area (Å²) in [6, 6.07) is 48.7. The Hall–Kier alpha value is -5.08. The normalized spacial score (nSPS) is 12.2. The van der Waals surface area contributed by atoms with Crippen LogP contribution in [0.3, 0.4) is 0 Å². The molecule has 2 heteroatoms. The first kappa shape index (κ1) is 20.0. The molecule has 0 atom stereocenters. The maximum Gasteiger partial charge on any atom is 0.0620 e. The van der Waals surface area contributed by atoms with Gasteiger partial charge in [0, 0.05) is 38.0 Å². The second kappa shape index (κ2) is 7.24. The quantitative estimate of drug-likeness (QED) is 0.232. The molecule has 176 valence electrons. The molecule has 0 fully saturated rings. The summed E-state index contributed by atoms with van der Waals surface area (Å²) in [4.78, 5) is 0. The lowest BCUT2D eigenvalue weighted by Gasteiger charge is -2.10. The lowest BCUT2D eigenvalue weighted by molar-refractivity contribution is 1.18. The summed E-state index contributed by atoms with van der Waals surface area (Å²) in [5.74, 6) is 0. The molecule has 0 aliphatic carbocycles. The largest absolute Gasteiger partial charge is 0.309 e. The Morgan fingerprint density at radius 2 is 0.895 bits per heavy atom. The molecule has 0 bridgehead atoms. The van der Waals surface area contributed by atoms with Crippen molar-refractivity contribution in [2.24, 2.45) is 0 Å². The molecule has 6 aromatic carbocycles. The van der Waals surface area contributed by atoms with Gasteiger partial charge < -0.3 is 8.97 Å². The highest BCUT2D eigenvalue weighted by Gasteiger charge is 2.20. The van der Waals surface area contributed by atoms with E-state index in [0.29, 0.717) is 0 Å². The Bertz CT molecular complexity index is 2320. The maximum absolute atomic E-state index is 2.47. The Labute approximate surface area is 218 Å². The number of fused-ring (bicyclic) bond motifs is 9. The summed E-state index contributed by atoms with van der Waals surface area (Å²) in [5.41, 5.74) is 9.98. The van der Waals surface area contributed by atoms with Crippen molar-refractivity contribution in [2.45, 2.75) is 0 Å². The molecule has 3 aromatic heterocycles. The van der Waals surface area contributed by atoms with Crippen LogP contribution in [0.5, 0.6) is 0 Å². The zero-order valence-electron chi connectivity index (χ0n) is 20.6. The van der Waals surface area contributed by atoms with Gasteiger partial charge in [-0.05, 0) is 47.5 Å². The molecule has 38 heavy (non-hydrogen) atoms. The first-order valence-corrected chi connectivity index (χ1v) is 13.1. The number of hydrogen-bond acceptors (Lipinski definition) is 0. The molecular formula is C36H22N2. The SMILES string of the molecule is c1ccc(-c2ccc(-n3c4ccccc4c4cc5c(cc43)c3cccc4c6ccccc6n5c43)cc2)cc1. The first-order chi connectivity index (χ1) is 18.9. The van der Waals surface area contributed by atoms with E-state index in [-0.39, 0.29) is 0 Å². The number of rotatable bonds is 2. The third kappa shape index (κ3) is 2.51. The van der Waals surface area contributed by atoms with Crippen LogP contribution in [0.15, 0.2) is 133 Å². The van der Waals surface area contributed by atoms with Crippen molar-refractivity contribution in [3.8, 4) is 16.8 Å². The van der Waals surface area contributed by atoms with E-state index in [1.165, 1.54) is 76.7 Å². The van der Waals surface area contributed by atoms with E-state index >= 15 is 0 Å². The van der Waals surface area contributed by atoms with Crippen molar-refractivity contribution in [3.05, 3.63) is 133 Å². The van der Waals surface area contributed by atoms with Gasteiger partial charge in [-0.3, -0.25) is 0 Å². The van der Waals surface area contributed by atoms with Crippen LogP contribution in [0.4, 0.5) is 0 Å². The molecule has 0 aliphatic heterocycles. The highest BCUT2D eigenvalue weighted by atomic mass is 15.0. The number of hydrogen-bond donors (Lipinski definition) is 0. The minimum absolute atomic E-state index is 1.18. The van der Waals surface area contributed by atoms with Crippen molar-refractivity contribution >= 4 is 59.9 Å². The van der Waals surface area contributed by atoms with Crippen molar-refractivity contribution in [2.75, 3.05) is 0 Å². The molecule has 2 nitrogen and oxygen atoms in total. The lowest BCUT2D eigenvalue weighted by Crippen LogP contribution is -1.93. The fraction of sp³-hybridized carbons (Fsp3) is 0. The summed E-state index contributed by atoms with van der Waals surface area (Å²) in [6.07, 6.45) is 0. The number of aromatic nitrogens is 2. The van der Waals surface area contributed by atoms with E-state index in [4.69, 9.17) is 0 Å². The molecule has 0 saturated carbocycles. The Balaban J connectivity index is 1.39. The van der Waals surface area contributed by atoms with Crippen LogP contribution in [0.1, 0.15) is 0 Å². The highest BCUT2D eigenvalue weighted by Crippen LogP contribution is 2.42. The molecule has 0 saturated heterocycles. The molecule has 3 heterocycles. The highest BCUT2D eigenvalue weighted by molar-refractivity contribution is 6.26. The number of nitrogens with zero attached hydrogens (tertiary/aromatic N) is 2. The first-order valence-electron chi connectivity index (χ1n) is 13.1. The summed E-state index contributed by atoms with van der Waals surface area (Å²) < 4.78 is 4.89. The van der Waals surface area contributed by atoms with Gasteiger partial charge in [0.2, 0.25) is 0 Å². The van der Waals surface area contributed by atoms with E-state index in [9.17, 15) is 0 Å².